The van der Waals surface area contributed by atoms with Crippen LogP contribution in [0.15, 0.2) is 12.4 Å². The summed E-state index contributed by atoms with van der Waals surface area (Å²) in [7, 11) is 0. The van der Waals surface area contributed by atoms with Gasteiger partial charge in [0.15, 0.2) is 0 Å². The van der Waals surface area contributed by atoms with E-state index in [9.17, 15) is 0 Å². The summed E-state index contributed by atoms with van der Waals surface area (Å²) in [5, 5.41) is 4.49. The quantitative estimate of drug-likeness (QED) is 0.912. The van der Waals surface area contributed by atoms with E-state index in [0.717, 1.165) is 29.9 Å². The highest BCUT2D eigenvalue weighted by molar-refractivity contribution is 5.08. The van der Waals surface area contributed by atoms with E-state index in [1.807, 2.05) is 13.1 Å². The van der Waals surface area contributed by atoms with Crippen molar-refractivity contribution in [2.75, 3.05) is 0 Å². The minimum atomic E-state index is 0.100. The number of hydrogen-bond donors (Lipinski definition) is 1. The molecule has 4 bridgehead atoms. The lowest BCUT2D eigenvalue weighted by molar-refractivity contribution is -0.0595. The molecule has 3 nitrogen and oxygen atoms in total. The lowest BCUT2D eigenvalue weighted by Gasteiger charge is -2.57. The summed E-state index contributed by atoms with van der Waals surface area (Å²) in [5.74, 6) is 3.16. The number of hydrogen-bond acceptors (Lipinski definition) is 2. The van der Waals surface area contributed by atoms with Crippen LogP contribution >= 0.6 is 0 Å². The highest BCUT2D eigenvalue weighted by atomic mass is 15.3. The van der Waals surface area contributed by atoms with Gasteiger partial charge in [0.1, 0.15) is 0 Å². The van der Waals surface area contributed by atoms with E-state index >= 15 is 0 Å². The molecule has 4 aliphatic rings. The fourth-order valence-electron chi connectivity index (χ4n) is 5.68. The van der Waals surface area contributed by atoms with E-state index in [1.165, 1.54) is 44.9 Å². The molecule has 20 heavy (non-hydrogen) atoms. The van der Waals surface area contributed by atoms with Crippen molar-refractivity contribution in [3.63, 3.8) is 0 Å². The summed E-state index contributed by atoms with van der Waals surface area (Å²) >= 11 is 0. The van der Waals surface area contributed by atoms with Crippen LogP contribution in [0, 0.1) is 23.2 Å². The Morgan fingerprint density at radius 1 is 1.25 bits per heavy atom. The van der Waals surface area contributed by atoms with Crippen molar-refractivity contribution < 1.29 is 0 Å². The molecule has 4 fully saturated rings. The van der Waals surface area contributed by atoms with Gasteiger partial charge >= 0.3 is 0 Å². The average molecular weight is 273 g/mol. The topological polar surface area (TPSA) is 43.8 Å². The molecule has 0 radical (unpaired) electrons. The minimum Gasteiger partial charge on any atom is -0.324 e. The maximum Gasteiger partial charge on any atom is 0.0537 e. The van der Waals surface area contributed by atoms with Crippen LogP contribution in [0.25, 0.3) is 0 Å². The molecule has 1 aromatic heterocycles. The van der Waals surface area contributed by atoms with E-state index in [-0.39, 0.29) is 6.04 Å². The largest absolute Gasteiger partial charge is 0.324 e. The Labute approximate surface area is 121 Å². The third-order valence-electron chi connectivity index (χ3n) is 6.22. The second kappa shape index (κ2) is 4.59. The van der Waals surface area contributed by atoms with Gasteiger partial charge in [0.05, 0.1) is 6.20 Å². The van der Waals surface area contributed by atoms with Gasteiger partial charge in [-0.15, -0.1) is 0 Å². The fraction of sp³-hybridized carbons (Fsp3) is 0.824. The molecule has 2 N–H and O–H groups in total. The van der Waals surface area contributed by atoms with Crippen LogP contribution in [0.1, 0.15) is 63.5 Å². The molecule has 110 valence electrons. The smallest absolute Gasteiger partial charge is 0.0537 e. The normalized spacial score (nSPS) is 40.2. The van der Waals surface area contributed by atoms with Crippen LogP contribution in [0.4, 0.5) is 0 Å². The second-order valence-corrected chi connectivity index (χ2v) is 7.99. The van der Waals surface area contributed by atoms with Gasteiger partial charge in [0.2, 0.25) is 0 Å². The first-order valence-electron chi connectivity index (χ1n) is 8.40. The van der Waals surface area contributed by atoms with Crippen LogP contribution in [0.3, 0.4) is 0 Å². The maximum atomic E-state index is 5.92. The summed E-state index contributed by atoms with van der Waals surface area (Å²) in [6, 6.07) is 0.100. The van der Waals surface area contributed by atoms with Crippen molar-refractivity contribution in [2.24, 2.45) is 28.9 Å². The molecule has 0 aromatic carbocycles. The minimum absolute atomic E-state index is 0.100. The first kappa shape index (κ1) is 12.9. The molecule has 1 heterocycles. The Hall–Kier alpha value is -0.830. The molecular weight excluding hydrogens is 246 g/mol. The predicted octanol–water partition coefficient (Wildman–Crippen LogP) is 3.51. The monoisotopic (exact) mass is 273 g/mol. The van der Waals surface area contributed by atoms with Gasteiger partial charge in [-0.05, 0) is 75.0 Å². The summed E-state index contributed by atoms with van der Waals surface area (Å²) in [6.45, 7) is 3.11. The zero-order chi connectivity index (χ0) is 13.7. The molecule has 5 rings (SSSR count). The van der Waals surface area contributed by atoms with Gasteiger partial charge in [0, 0.05) is 24.3 Å². The lowest BCUT2D eigenvalue weighted by Crippen LogP contribution is -2.46. The van der Waals surface area contributed by atoms with Crippen molar-refractivity contribution in [2.45, 2.75) is 64.5 Å². The first-order valence-corrected chi connectivity index (χ1v) is 8.40. The molecule has 1 aromatic rings. The Morgan fingerprint density at radius 2 is 1.85 bits per heavy atom. The SMILES string of the molecule is CC(N)c1cnn(CCC23CC4CC(CC(C4)C2)C3)c1. The van der Waals surface area contributed by atoms with Gasteiger partial charge in [0.25, 0.3) is 0 Å². The van der Waals surface area contributed by atoms with E-state index in [0.29, 0.717) is 5.41 Å². The molecule has 1 atom stereocenters. The number of rotatable bonds is 4. The summed E-state index contributed by atoms with van der Waals surface area (Å²) in [5.41, 5.74) is 7.74. The molecule has 0 spiro atoms. The Balaban J connectivity index is 1.43. The van der Waals surface area contributed by atoms with Gasteiger partial charge in [-0.25, -0.2) is 0 Å². The molecule has 4 aliphatic carbocycles. The number of nitrogens with two attached hydrogens (primary N) is 1. The van der Waals surface area contributed by atoms with Crippen LogP contribution in [0.2, 0.25) is 0 Å². The first-order chi connectivity index (χ1) is 9.62. The van der Waals surface area contributed by atoms with Crippen LogP contribution in [-0.2, 0) is 6.54 Å². The summed E-state index contributed by atoms with van der Waals surface area (Å²) in [4.78, 5) is 0. The zero-order valence-electron chi connectivity index (χ0n) is 12.6. The van der Waals surface area contributed by atoms with Crippen molar-refractivity contribution >= 4 is 0 Å². The van der Waals surface area contributed by atoms with E-state index in [2.05, 4.69) is 16.0 Å². The van der Waals surface area contributed by atoms with Gasteiger partial charge < -0.3 is 5.73 Å². The highest BCUT2D eigenvalue weighted by Crippen LogP contribution is 2.61. The third-order valence-corrected chi connectivity index (χ3v) is 6.22. The van der Waals surface area contributed by atoms with Crippen molar-refractivity contribution in [3.05, 3.63) is 18.0 Å². The van der Waals surface area contributed by atoms with Crippen LogP contribution in [0.5, 0.6) is 0 Å². The molecular formula is C17H27N3. The zero-order valence-corrected chi connectivity index (χ0v) is 12.6. The average Bonchev–Trinajstić information content (AvgIpc) is 2.84. The Morgan fingerprint density at radius 3 is 2.35 bits per heavy atom. The molecule has 0 aliphatic heterocycles. The number of nitrogens with zero attached hydrogens (tertiary/aromatic N) is 2. The van der Waals surface area contributed by atoms with E-state index in [4.69, 9.17) is 5.73 Å². The third kappa shape index (κ3) is 2.20. The Kier molecular flexibility index (Phi) is 2.95. The fourth-order valence-corrected chi connectivity index (χ4v) is 5.68. The predicted molar refractivity (Wildman–Crippen MR) is 80.1 cm³/mol. The maximum absolute atomic E-state index is 5.92. The summed E-state index contributed by atoms with van der Waals surface area (Å²) < 4.78 is 2.12. The lowest BCUT2D eigenvalue weighted by atomic mass is 9.49. The van der Waals surface area contributed by atoms with Crippen molar-refractivity contribution in [1.29, 1.82) is 0 Å². The second-order valence-electron chi connectivity index (χ2n) is 7.99. The molecule has 0 amide bonds. The van der Waals surface area contributed by atoms with Crippen LogP contribution < -0.4 is 5.73 Å². The molecule has 1 unspecified atom stereocenters. The van der Waals surface area contributed by atoms with Gasteiger partial charge in [-0.2, -0.15) is 5.10 Å². The molecule has 4 saturated carbocycles. The van der Waals surface area contributed by atoms with Gasteiger partial charge in [-0.3, -0.25) is 4.68 Å². The highest BCUT2D eigenvalue weighted by Gasteiger charge is 2.50. The molecule has 3 heteroatoms. The number of aromatic nitrogens is 2. The molecule has 0 saturated heterocycles. The van der Waals surface area contributed by atoms with E-state index in [1.54, 1.807) is 0 Å². The van der Waals surface area contributed by atoms with Crippen molar-refractivity contribution in [3.8, 4) is 0 Å². The standard InChI is InChI=1S/C17H27N3/c1-12(18)16-10-19-20(11-16)3-2-17-7-13-4-14(8-17)6-15(5-13)9-17/h10-15H,2-9,18H2,1H3. The van der Waals surface area contributed by atoms with E-state index < -0.39 is 0 Å². The van der Waals surface area contributed by atoms with Gasteiger partial charge in [-0.1, -0.05) is 0 Å². The van der Waals surface area contributed by atoms with Crippen molar-refractivity contribution in [1.82, 2.24) is 9.78 Å². The number of aryl methyl sites for hydroxylation is 1. The Bertz CT molecular complexity index is 453. The van der Waals surface area contributed by atoms with Crippen LogP contribution in [-0.4, -0.2) is 9.78 Å². The summed E-state index contributed by atoms with van der Waals surface area (Å²) in [6.07, 6.45) is 14.5.